The van der Waals surface area contributed by atoms with Crippen molar-refractivity contribution in [2.75, 3.05) is 12.8 Å². The summed E-state index contributed by atoms with van der Waals surface area (Å²) < 4.78 is 10.6. The predicted octanol–water partition coefficient (Wildman–Crippen LogP) is 3.39. The van der Waals surface area contributed by atoms with E-state index in [2.05, 4.69) is 4.98 Å². The second-order valence-corrected chi connectivity index (χ2v) is 4.41. The number of benzene rings is 1. The van der Waals surface area contributed by atoms with Crippen molar-refractivity contribution in [3.63, 3.8) is 0 Å². The lowest BCUT2D eigenvalue weighted by Crippen LogP contribution is -1.90. The molecule has 0 spiro atoms. The van der Waals surface area contributed by atoms with Gasteiger partial charge in [-0.05, 0) is 36.2 Å². The van der Waals surface area contributed by atoms with E-state index in [0.717, 1.165) is 28.0 Å². The van der Waals surface area contributed by atoms with E-state index in [0.29, 0.717) is 11.4 Å². The molecule has 0 radical (unpaired) electrons. The summed E-state index contributed by atoms with van der Waals surface area (Å²) in [6.07, 6.45) is 1.53. The van der Waals surface area contributed by atoms with Gasteiger partial charge in [0.1, 0.15) is 12.0 Å². The number of furan rings is 1. The molecule has 0 amide bonds. The van der Waals surface area contributed by atoms with Crippen molar-refractivity contribution in [1.29, 1.82) is 0 Å². The van der Waals surface area contributed by atoms with Crippen LogP contribution >= 0.6 is 0 Å². The van der Waals surface area contributed by atoms with Gasteiger partial charge in [-0.3, -0.25) is 0 Å². The quantitative estimate of drug-likeness (QED) is 0.761. The summed E-state index contributed by atoms with van der Waals surface area (Å²) in [5, 5.41) is 0.846. The van der Waals surface area contributed by atoms with Crippen molar-refractivity contribution in [1.82, 2.24) is 4.98 Å². The zero-order chi connectivity index (χ0) is 13.4. The molecule has 3 rings (SSSR count). The highest BCUT2D eigenvalue weighted by Gasteiger charge is 2.13. The van der Waals surface area contributed by atoms with Gasteiger partial charge in [0.05, 0.1) is 18.2 Å². The molecule has 0 unspecified atom stereocenters. The first-order valence-electron chi connectivity index (χ1n) is 5.98. The van der Waals surface area contributed by atoms with Crippen LogP contribution in [0.3, 0.4) is 0 Å². The summed E-state index contributed by atoms with van der Waals surface area (Å²) >= 11 is 0. The van der Waals surface area contributed by atoms with E-state index in [-0.39, 0.29) is 0 Å². The highest BCUT2D eigenvalue weighted by atomic mass is 16.5. The van der Waals surface area contributed by atoms with E-state index in [4.69, 9.17) is 14.9 Å². The number of aromatic nitrogens is 1. The number of pyridine rings is 1. The summed E-state index contributed by atoms with van der Waals surface area (Å²) in [6.45, 7) is 1.93. The first-order chi connectivity index (χ1) is 9.19. The fraction of sp³-hybridized carbons (Fsp3) is 0.133. The number of hydrogen-bond donors (Lipinski definition) is 1. The lowest BCUT2D eigenvalue weighted by Gasteiger charge is -2.07. The normalized spacial score (nSPS) is 10.8. The Morgan fingerprint density at radius 2 is 2.11 bits per heavy atom. The molecule has 1 aromatic carbocycles. The van der Waals surface area contributed by atoms with Crippen molar-refractivity contribution in [2.24, 2.45) is 0 Å². The summed E-state index contributed by atoms with van der Waals surface area (Å²) in [6, 6.07) is 9.85. The minimum absolute atomic E-state index is 0.565. The predicted molar refractivity (Wildman–Crippen MR) is 75.1 cm³/mol. The van der Waals surface area contributed by atoms with Gasteiger partial charge in [0.2, 0.25) is 5.71 Å². The van der Waals surface area contributed by atoms with Crippen LogP contribution in [0.25, 0.3) is 22.2 Å². The number of nitrogen functional groups attached to an aromatic ring is 1. The van der Waals surface area contributed by atoms with Crippen molar-refractivity contribution >= 4 is 16.8 Å². The van der Waals surface area contributed by atoms with Crippen molar-refractivity contribution in [2.45, 2.75) is 6.92 Å². The van der Waals surface area contributed by atoms with Crippen LogP contribution in [0.2, 0.25) is 0 Å². The fourth-order valence-corrected chi connectivity index (χ4v) is 2.21. The van der Waals surface area contributed by atoms with Gasteiger partial charge in [0.15, 0.2) is 0 Å². The zero-order valence-corrected chi connectivity index (χ0v) is 10.8. The third-order valence-electron chi connectivity index (χ3n) is 3.08. The average Bonchev–Trinajstić information content (AvgIpc) is 2.79. The minimum atomic E-state index is 0.565. The van der Waals surface area contributed by atoms with Gasteiger partial charge in [-0.1, -0.05) is 12.1 Å². The van der Waals surface area contributed by atoms with E-state index in [1.807, 2.05) is 37.3 Å². The maximum Gasteiger partial charge on any atom is 0.228 e. The van der Waals surface area contributed by atoms with E-state index in [1.54, 1.807) is 7.11 Å². The summed E-state index contributed by atoms with van der Waals surface area (Å²) in [5.41, 5.74) is 10.1. The van der Waals surface area contributed by atoms with Crippen LogP contribution in [0.15, 0.2) is 41.0 Å². The zero-order valence-electron chi connectivity index (χ0n) is 10.8. The number of anilines is 1. The number of hydrogen-bond acceptors (Lipinski definition) is 4. The third kappa shape index (κ3) is 1.91. The molecule has 19 heavy (non-hydrogen) atoms. The van der Waals surface area contributed by atoms with Gasteiger partial charge >= 0.3 is 0 Å². The summed E-state index contributed by atoms with van der Waals surface area (Å²) in [7, 11) is 1.65. The molecule has 0 saturated heterocycles. The molecular weight excluding hydrogens is 240 g/mol. The van der Waals surface area contributed by atoms with Gasteiger partial charge in [0.25, 0.3) is 0 Å². The lowest BCUT2D eigenvalue weighted by atomic mass is 10.0. The van der Waals surface area contributed by atoms with Crippen LogP contribution in [0.5, 0.6) is 5.75 Å². The second-order valence-electron chi connectivity index (χ2n) is 4.41. The molecular formula is C15H14N2O2. The number of nitrogens with two attached hydrogens (primary N) is 1. The number of rotatable bonds is 2. The minimum Gasteiger partial charge on any atom is -0.497 e. The molecule has 96 valence electrons. The van der Waals surface area contributed by atoms with Gasteiger partial charge in [0, 0.05) is 5.69 Å². The second kappa shape index (κ2) is 4.31. The largest absolute Gasteiger partial charge is 0.497 e. The monoisotopic (exact) mass is 254 g/mol. The Morgan fingerprint density at radius 1 is 1.26 bits per heavy atom. The van der Waals surface area contributed by atoms with Gasteiger partial charge in [-0.25, -0.2) is 4.98 Å². The van der Waals surface area contributed by atoms with Crippen LogP contribution in [-0.4, -0.2) is 12.1 Å². The van der Waals surface area contributed by atoms with Gasteiger partial charge in [-0.2, -0.15) is 0 Å². The molecule has 3 aromatic rings. The maximum atomic E-state index is 5.97. The van der Waals surface area contributed by atoms with Crippen LogP contribution in [0, 0.1) is 6.92 Å². The van der Waals surface area contributed by atoms with Crippen molar-refractivity contribution in [3.8, 4) is 16.9 Å². The molecule has 2 aromatic heterocycles. The molecule has 0 saturated carbocycles. The maximum absolute atomic E-state index is 5.97. The molecule has 2 N–H and O–H groups in total. The Hall–Kier alpha value is -2.49. The van der Waals surface area contributed by atoms with Crippen molar-refractivity contribution in [3.05, 3.63) is 42.3 Å². The average molecular weight is 254 g/mol. The van der Waals surface area contributed by atoms with Crippen LogP contribution in [-0.2, 0) is 0 Å². The summed E-state index contributed by atoms with van der Waals surface area (Å²) in [4.78, 5) is 4.35. The number of aryl methyl sites for hydroxylation is 1. The molecule has 0 aliphatic carbocycles. The van der Waals surface area contributed by atoms with E-state index in [9.17, 15) is 0 Å². The topological polar surface area (TPSA) is 61.3 Å². The SMILES string of the molecule is COc1cccc(-c2cc(C)nc3occ(N)c23)c1. The third-order valence-corrected chi connectivity index (χ3v) is 3.08. The van der Waals surface area contributed by atoms with Crippen LogP contribution < -0.4 is 10.5 Å². The highest BCUT2D eigenvalue weighted by molar-refractivity contribution is 6.00. The first-order valence-corrected chi connectivity index (χ1v) is 5.98. The smallest absolute Gasteiger partial charge is 0.228 e. The van der Waals surface area contributed by atoms with Gasteiger partial charge in [-0.15, -0.1) is 0 Å². The molecule has 0 fully saturated rings. The molecule has 2 heterocycles. The van der Waals surface area contributed by atoms with Crippen molar-refractivity contribution < 1.29 is 9.15 Å². The molecule has 0 atom stereocenters. The Balaban J connectivity index is 2.31. The number of fused-ring (bicyclic) bond motifs is 1. The van der Waals surface area contributed by atoms with E-state index >= 15 is 0 Å². The van der Waals surface area contributed by atoms with Crippen LogP contribution in [0.4, 0.5) is 5.69 Å². The standard InChI is InChI=1S/C15H14N2O2/c1-9-6-12(10-4-3-5-11(7-10)18-2)14-13(16)8-19-15(14)17-9/h3-8H,16H2,1-2H3. The summed E-state index contributed by atoms with van der Waals surface area (Å²) in [5.74, 6) is 0.808. The fourth-order valence-electron chi connectivity index (χ4n) is 2.21. The molecule has 0 aliphatic rings. The highest BCUT2D eigenvalue weighted by Crippen LogP contribution is 2.34. The van der Waals surface area contributed by atoms with Crippen LogP contribution in [0.1, 0.15) is 5.69 Å². The number of ether oxygens (including phenoxy) is 1. The Labute approximate surface area is 110 Å². The molecule has 0 bridgehead atoms. The first kappa shape index (κ1) is 11.6. The van der Waals surface area contributed by atoms with E-state index in [1.165, 1.54) is 6.26 Å². The van der Waals surface area contributed by atoms with Gasteiger partial charge < -0.3 is 14.9 Å². The Bertz CT molecular complexity index is 747. The molecule has 4 heteroatoms. The number of methoxy groups -OCH3 is 1. The van der Waals surface area contributed by atoms with E-state index < -0.39 is 0 Å². The molecule has 0 aliphatic heterocycles. The number of nitrogens with zero attached hydrogens (tertiary/aromatic N) is 1. The Kier molecular flexibility index (Phi) is 2.63. The lowest BCUT2D eigenvalue weighted by molar-refractivity contribution is 0.415. The Morgan fingerprint density at radius 3 is 2.89 bits per heavy atom. The molecule has 4 nitrogen and oxygen atoms in total.